The summed E-state index contributed by atoms with van der Waals surface area (Å²) in [5, 5.41) is 7.80. The number of carbonyl (C=O) groups excluding carboxylic acids is 2. The van der Waals surface area contributed by atoms with Gasteiger partial charge in [-0.2, -0.15) is 5.10 Å². The van der Waals surface area contributed by atoms with E-state index in [0.29, 0.717) is 45.6 Å². The van der Waals surface area contributed by atoms with Crippen LogP contribution in [0.5, 0.6) is 0 Å². The summed E-state index contributed by atoms with van der Waals surface area (Å²) in [6, 6.07) is 11.7. The molecular weight excluding hydrogens is 494 g/mol. The van der Waals surface area contributed by atoms with Crippen molar-refractivity contribution in [1.29, 1.82) is 0 Å². The molecule has 2 aromatic rings. The molecular formula is C27H34F2N6O3. The van der Waals surface area contributed by atoms with Gasteiger partial charge >= 0.3 is 12.1 Å². The van der Waals surface area contributed by atoms with Crippen LogP contribution in [-0.4, -0.2) is 75.4 Å². The van der Waals surface area contributed by atoms with E-state index in [2.05, 4.69) is 16.3 Å². The van der Waals surface area contributed by atoms with E-state index >= 15 is 0 Å². The zero-order valence-corrected chi connectivity index (χ0v) is 21.4. The van der Waals surface area contributed by atoms with Crippen molar-refractivity contribution >= 4 is 17.9 Å². The number of nitrogens with one attached hydrogen (secondary N) is 1. The van der Waals surface area contributed by atoms with Gasteiger partial charge in [-0.1, -0.05) is 30.3 Å². The van der Waals surface area contributed by atoms with E-state index in [0.717, 1.165) is 29.9 Å². The number of alkyl halides is 2. The van der Waals surface area contributed by atoms with E-state index in [1.54, 1.807) is 4.90 Å². The van der Waals surface area contributed by atoms with Crippen LogP contribution in [0.2, 0.25) is 0 Å². The number of carbonyl (C=O) groups is 2. The number of benzene rings is 1. The first-order chi connectivity index (χ1) is 18.3. The van der Waals surface area contributed by atoms with E-state index in [1.165, 1.54) is 0 Å². The molecule has 6 rings (SSSR count). The summed E-state index contributed by atoms with van der Waals surface area (Å²) in [5.41, 5.74) is 1.93. The number of rotatable bonds is 4. The number of nitrogens with zero attached hydrogens (tertiary/aromatic N) is 5. The fourth-order valence-corrected chi connectivity index (χ4v) is 6.24. The molecule has 11 heteroatoms. The zero-order chi connectivity index (χ0) is 26.3. The molecule has 1 aromatic carbocycles. The van der Waals surface area contributed by atoms with Crippen molar-refractivity contribution in [3.05, 3.63) is 47.7 Å². The number of likely N-dealkylation sites (tertiary alicyclic amines) is 1. The number of aromatic nitrogens is 2. The Morgan fingerprint density at radius 3 is 2.42 bits per heavy atom. The van der Waals surface area contributed by atoms with E-state index in [4.69, 9.17) is 9.84 Å². The number of anilines is 1. The highest BCUT2D eigenvalue weighted by Gasteiger charge is 2.43. The van der Waals surface area contributed by atoms with Crippen molar-refractivity contribution in [3.8, 4) is 0 Å². The number of fused-ring (bicyclic) bond motifs is 3. The molecule has 2 unspecified atom stereocenters. The molecule has 1 saturated carbocycles. The molecule has 1 aliphatic carbocycles. The zero-order valence-electron chi connectivity index (χ0n) is 21.4. The molecule has 0 spiro atoms. The van der Waals surface area contributed by atoms with Crippen LogP contribution in [0.15, 0.2) is 36.4 Å². The normalized spacial score (nSPS) is 24.7. The molecule has 3 aliphatic heterocycles. The summed E-state index contributed by atoms with van der Waals surface area (Å²) in [6.45, 7) is 3.01. The Kier molecular flexibility index (Phi) is 6.61. The lowest BCUT2D eigenvalue weighted by Crippen LogP contribution is -2.55. The Morgan fingerprint density at radius 1 is 1.00 bits per heavy atom. The van der Waals surface area contributed by atoms with Gasteiger partial charge in [-0.25, -0.2) is 18.4 Å². The molecule has 2 bridgehead atoms. The Labute approximate surface area is 220 Å². The highest BCUT2D eigenvalue weighted by molar-refractivity contribution is 5.74. The third kappa shape index (κ3) is 5.15. The van der Waals surface area contributed by atoms with Crippen molar-refractivity contribution in [1.82, 2.24) is 24.9 Å². The third-order valence-electron chi connectivity index (χ3n) is 8.33. The Balaban J connectivity index is 1.04. The number of hydrogen-bond acceptors (Lipinski definition) is 5. The first-order valence-corrected chi connectivity index (χ1v) is 13.6. The van der Waals surface area contributed by atoms with Crippen LogP contribution in [0.25, 0.3) is 0 Å². The van der Waals surface area contributed by atoms with Gasteiger partial charge in [0.2, 0.25) is 5.92 Å². The summed E-state index contributed by atoms with van der Waals surface area (Å²) < 4.78 is 34.4. The van der Waals surface area contributed by atoms with Crippen LogP contribution < -0.4 is 10.2 Å². The molecule has 4 heterocycles. The standard InChI is InChI=1S/C27H34F2N6O3/c28-27(29)10-8-20(9-11-27)30-25(36)32-12-13-34-23(17-32)14-24(31-34)35-21-6-7-22(35)16-33(15-21)26(37)38-18-19-4-2-1-3-5-19/h1-5,14,20-22H,6-13,15-18H2,(H,30,36). The summed E-state index contributed by atoms with van der Waals surface area (Å²) in [6.07, 6.45) is 1.97. The summed E-state index contributed by atoms with van der Waals surface area (Å²) in [4.78, 5) is 31.5. The van der Waals surface area contributed by atoms with Gasteiger partial charge in [0.05, 0.1) is 18.8 Å². The van der Waals surface area contributed by atoms with Gasteiger partial charge in [0, 0.05) is 56.7 Å². The summed E-state index contributed by atoms with van der Waals surface area (Å²) in [5.74, 6) is -1.72. The number of urea groups is 1. The van der Waals surface area contributed by atoms with Crippen LogP contribution in [0.4, 0.5) is 24.2 Å². The Hall–Kier alpha value is -3.37. The van der Waals surface area contributed by atoms with Gasteiger partial charge < -0.3 is 24.8 Å². The Bertz CT molecular complexity index is 1150. The molecule has 4 aliphatic rings. The number of ether oxygens (including phenoxy) is 1. The number of hydrogen-bond donors (Lipinski definition) is 1. The molecule has 3 amide bonds. The molecule has 1 aromatic heterocycles. The SMILES string of the molecule is O=C(NC1CCC(F)(F)CC1)N1CCn2nc(N3C4CCC3CN(C(=O)OCc3ccccc3)C4)cc2C1. The van der Waals surface area contributed by atoms with E-state index in [9.17, 15) is 18.4 Å². The maximum absolute atomic E-state index is 13.4. The second-order valence-electron chi connectivity index (χ2n) is 11.0. The minimum absolute atomic E-state index is 0.172. The second kappa shape index (κ2) is 10.1. The van der Waals surface area contributed by atoms with Gasteiger partial charge in [0.15, 0.2) is 5.82 Å². The fraction of sp³-hybridized carbons (Fsp3) is 0.593. The fourth-order valence-electron chi connectivity index (χ4n) is 6.24. The van der Waals surface area contributed by atoms with E-state index in [-0.39, 0.29) is 49.7 Å². The highest BCUT2D eigenvalue weighted by atomic mass is 19.3. The molecule has 0 radical (unpaired) electrons. The first-order valence-electron chi connectivity index (χ1n) is 13.6. The number of halogens is 2. The van der Waals surface area contributed by atoms with Crippen molar-refractivity contribution < 1.29 is 23.1 Å². The van der Waals surface area contributed by atoms with E-state index in [1.807, 2.05) is 39.9 Å². The van der Waals surface area contributed by atoms with Gasteiger partial charge in [0.1, 0.15) is 6.61 Å². The molecule has 3 fully saturated rings. The van der Waals surface area contributed by atoms with Gasteiger partial charge in [-0.3, -0.25) is 4.68 Å². The van der Waals surface area contributed by atoms with Gasteiger partial charge in [-0.15, -0.1) is 0 Å². The first kappa shape index (κ1) is 24.9. The van der Waals surface area contributed by atoms with Crippen molar-refractivity contribution in [2.24, 2.45) is 0 Å². The van der Waals surface area contributed by atoms with Gasteiger partial charge in [-0.05, 0) is 31.2 Å². The van der Waals surface area contributed by atoms with Crippen molar-refractivity contribution in [2.75, 3.05) is 24.5 Å². The topological polar surface area (TPSA) is 82.9 Å². The highest BCUT2D eigenvalue weighted by Crippen LogP contribution is 2.36. The summed E-state index contributed by atoms with van der Waals surface area (Å²) in [7, 11) is 0. The van der Waals surface area contributed by atoms with Crippen LogP contribution in [0.3, 0.4) is 0 Å². The average molecular weight is 529 g/mol. The third-order valence-corrected chi connectivity index (χ3v) is 8.33. The monoisotopic (exact) mass is 528 g/mol. The lowest BCUT2D eigenvalue weighted by Gasteiger charge is -2.40. The molecule has 9 nitrogen and oxygen atoms in total. The van der Waals surface area contributed by atoms with Crippen LogP contribution in [-0.2, 0) is 24.4 Å². The van der Waals surface area contributed by atoms with E-state index < -0.39 is 5.92 Å². The molecule has 2 atom stereocenters. The predicted octanol–water partition coefficient (Wildman–Crippen LogP) is 3.98. The van der Waals surface area contributed by atoms with Crippen LogP contribution in [0.1, 0.15) is 49.8 Å². The average Bonchev–Trinajstić information content (AvgIpc) is 3.45. The molecule has 38 heavy (non-hydrogen) atoms. The minimum Gasteiger partial charge on any atom is -0.445 e. The van der Waals surface area contributed by atoms with Crippen molar-refractivity contribution in [3.63, 3.8) is 0 Å². The molecule has 1 N–H and O–H groups in total. The van der Waals surface area contributed by atoms with Crippen molar-refractivity contribution in [2.45, 2.75) is 82.3 Å². The largest absolute Gasteiger partial charge is 0.445 e. The number of piperazine rings is 1. The molecule has 204 valence electrons. The van der Waals surface area contributed by atoms with Crippen LogP contribution >= 0.6 is 0 Å². The van der Waals surface area contributed by atoms with Gasteiger partial charge in [0.25, 0.3) is 0 Å². The van der Waals surface area contributed by atoms with Crippen LogP contribution in [0, 0.1) is 0 Å². The minimum atomic E-state index is -2.61. The maximum Gasteiger partial charge on any atom is 0.410 e. The lowest BCUT2D eigenvalue weighted by molar-refractivity contribution is -0.0398. The predicted molar refractivity (Wildman–Crippen MR) is 136 cm³/mol. The lowest BCUT2D eigenvalue weighted by atomic mass is 9.92. The number of amides is 3. The Morgan fingerprint density at radius 2 is 1.71 bits per heavy atom. The quantitative estimate of drug-likeness (QED) is 0.649. The second-order valence-corrected chi connectivity index (χ2v) is 11.0. The maximum atomic E-state index is 13.4. The smallest absolute Gasteiger partial charge is 0.410 e. The summed E-state index contributed by atoms with van der Waals surface area (Å²) >= 11 is 0. The molecule has 2 saturated heterocycles.